The number of aromatic hydroxyl groups is 1. The number of benzene rings is 1. The number of aliphatic hydroxyl groups is 7. The van der Waals surface area contributed by atoms with Crippen molar-refractivity contribution in [2.24, 2.45) is 0 Å². The number of phenols is 1. The molecular formula is C21H30O14. The molecule has 2 saturated heterocycles. The molecule has 2 fully saturated rings. The van der Waals surface area contributed by atoms with E-state index in [-0.39, 0.29) is 17.1 Å². The van der Waals surface area contributed by atoms with Gasteiger partial charge in [0.15, 0.2) is 12.1 Å². The van der Waals surface area contributed by atoms with Gasteiger partial charge in [-0.3, -0.25) is 4.79 Å². The Balaban J connectivity index is 1.76. The second-order valence-electron chi connectivity index (χ2n) is 8.24. The van der Waals surface area contributed by atoms with Crippen LogP contribution in [-0.2, 0) is 14.2 Å². The third-order valence-electron chi connectivity index (χ3n) is 5.83. The highest BCUT2D eigenvalue weighted by Gasteiger charge is 2.48. The summed E-state index contributed by atoms with van der Waals surface area (Å²) in [5.74, 6) is -1.14. The van der Waals surface area contributed by atoms with Crippen molar-refractivity contribution in [1.29, 1.82) is 0 Å². The molecule has 8 N–H and O–H groups in total. The first-order valence-electron chi connectivity index (χ1n) is 10.7. The predicted octanol–water partition coefficient (Wildman–Crippen LogP) is -3.39. The lowest BCUT2D eigenvalue weighted by Crippen LogP contribution is -2.62. The Hall–Kier alpha value is -2.11. The van der Waals surface area contributed by atoms with Crippen molar-refractivity contribution in [1.82, 2.24) is 0 Å². The van der Waals surface area contributed by atoms with Gasteiger partial charge in [-0.1, -0.05) is 0 Å². The van der Waals surface area contributed by atoms with Crippen molar-refractivity contribution in [3.8, 4) is 17.2 Å². The van der Waals surface area contributed by atoms with Crippen LogP contribution in [0.25, 0.3) is 0 Å². The Morgan fingerprint density at radius 3 is 2.03 bits per heavy atom. The van der Waals surface area contributed by atoms with Crippen LogP contribution in [0.4, 0.5) is 0 Å². The summed E-state index contributed by atoms with van der Waals surface area (Å²) >= 11 is 0. The van der Waals surface area contributed by atoms with E-state index in [4.69, 9.17) is 23.7 Å². The van der Waals surface area contributed by atoms with Gasteiger partial charge >= 0.3 is 0 Å². The fourth-order valence-electron chi connectivity index (χ4n) is 3.81. The molecule has 0 bridgehead atoms. The molecule has 0 aromatic heterocycles. The van der Waals surface area contributed by atoms with E-state index >= 15 is 0 Å². The van der Waals surface area contributed by atoms with E-state index in [0.717, 1.165) is 0 Å². The molecule has 198 valence electrons. The summed E-state index contributed by atoms with van der Waals surface area (Å²) < 4.78 is 26.7. The molecule has 14 nitrogen and oxygen atoms in total. The van der Waals surface area contributed by atoms with Crippen LogP contribution in [-0.4, -0.2) is 128 Å². The predicted molar refractivity (Wildman–Crippen MR) is 112 cm³/mol. The number of carbonyl (C=O) groups is 1. The lowest BCUT2D eigenvalue weighted by atomic mass is 9.98. The van der Waals surface area contributed by atoms with Crippen molar-refractivity contribution < 1.29 is 69.3 Å². The molecule has 2 heterocycles. The Morgan fingerprint density at radius 1 is 0.886 bits per heavy atom. The standard InChI is InChI=1S/C21H30O14/c1-7(23)13-9(24)3-8(31-2)4-10(13)33-21-19(30)17(28)15(26)12(35-21)6-32-20-18(29)16(27)14(25)11(5-22)34-20/h3-4,11-12,14-22,24-30H,5-6H2,1-2H3/t11-,12-,14-,15-,16+,17+,18-,19-,20-,21-/m1/s1. The lowest BCUT2D eigenvalue weighted by Gasteiger charge is -2.42. The molecule has 1 aromatic rings. The van der Waals surface area contributed by atoms with Crippen LogP contribution < -0.4 is 9.47 Å². The fourth-order valence-corrected chi connectivity index (χ4v) is 3.81. The number of ether oxygens (including phenoxy) is 5. The summed E-state index contributed by atoms with van der Waals surface area (Å²) in [6, 6.07) is 2.43. The molecule has 2 aliphatic heterocycles. The quantitative estimate of drug-likeness (QED) is 0.161. The number of carbonyl (C=O) groups excluding carboxylic acids is 1. The van der Waals surface area contributed by atoms with E-state index in [0.29, 0.717) is 0 Å². The third-order valence-corrected chi connectivity index (χ3v) is 5.83. The van der Waals surface area contributed by atoms with Gasteiger partial charge in [-0.15, -0.1) is 0 Å². The fraction of sp³-hybridized carbons (Fsp3) is 0.667. The maximum atomic E-state index is 12.0. The first-order chi connectivity index (χ1) is 16.5. The molecule has 0 spiro atoms. The number of ketones is 1. The highest BCUT2D eigenvalue weighted by atomic mass is 16.7. The topological polar surface area (TPSA) is 225 Å². The summed E-state index contributed by atoms with van der Waals surface area (Å²) in [5, 5.41) is 80.2. The summed E-state index contributed by atoms with van der Waals surface area (Å²) in [4.78, 5) is 12.0. The van der Waals surface area contributed by atoms with Gasteiger partial charge in [0.05, 0.1) is 20.3 Å². The summed E-state index contributed by atoms with van der Waals surface area (Å²) in [6.45, 7) is -0.0707. The minimum atomic E-state index is -1.79. The minimum absolute atomic E-state index is 0.121. The van der Waals surface area contributed by atoms with Gasteiger partial charge in [0.1, 0.15) is 71.6 Å². The second kappa shape index (κ2) is 11.3. The number of Topliss-reactive ketones (excluding diaryl/α,β-unsaturated/α-hetero) is 1. The second-order valence-corrected chi connectivity index (χ2v) is 8.24. The molecule has 0 aliphatic carbocycles. The highest BCUT2D eigenvalue weighted by Crippen LogP contribution is 2.36. The van der Waals surface area contributed by atoms with Gasteiger partial charge in [0.2, 0.25) is 6.29 Å². The maximum absolute atomic E-state index is 12.0. The Labute approximate surface area is 199 Å². The number of phenolic OH excluding ortho intramolecular Hbond substituents is 1. The number of hydrogen-bond donors (Lipinski definition) is 8. The van der Waals surface area contributed by atoms with E-state index in [1.54, 1.807) is 0 Å². The third kappa shape index (κ3) is 5.67. The van der Waals surface area contributed by atoms with Gasteiger partial charge < -0.3 is 64.5 Å². The molecular weight excluding hydrogens is 476 g/mol. The van der Waals surface area contributed by atoms with Gasteiger partial charge in [-0.2, -0.15) is 0 Å². The van der Waals surface area contributed by atoms with E-state index < -0.39 is 86.2 Å². The first kappa shape index (κ1) is 27.5. The molecule has 1 aromatic carbocycles. The maximum Gasteiger partial charge on any atom is 0.229 e. The van der Waals surface area contributed by atoms with Crippen molar-refractivity contribution in [2.45, 2.75) is 68.3 Å². The number of aliphatic hydroxyl groups excluding tert-OH is 7. The zero-order chi connectivity index (χ0) is 26.0. The van der Waals surface area contributed by atoms with Gasteiger partial charge in [-0.05, 0) is 6.92 Å². The Bertz CT molecular complexity index is 878. The summed E-state index contributed by atoms with van der Waals surface area (Å²) in [6.07, 6.45) is -16.1. The normalized spacial score (nSPS) is 37.6. The summed E-state index contributed by atoms with van der Waals surface area (Å²) in [5.41, 5.74) is -0.240. The Morgan fingerprint density at radius 2 is 1.46 bits per heavy atom. The van der Waals surface area contributed by atoms with Crippen LogP contribution in [0.3, 0.4) is 0 Å². The van der Waals surface area contributed by atoms with E-state index in [2.05, 4.69) is 0 Å². The average Bonchev–Trinajstić information content (AvgIpc) is 2.82. The minimum Gasteiger partial charge on any atom is -0.507 e. The molecule has 35 heavy (non-hydrogen) atoms. The van der Waals surface area contributed by atoms with Crippen LogP contribution >= 0.6 is 0 Å². The molecule has 0 unspecified atom stereocenters. The number of methoxy groups -OCH3 is 1. The average molecular weight is 506 g/mol. The first-order valence-corrected chi connectivity index (χ1v) is 10.7. The number of rotatable bonds is 8. The number of hydrogen-bond acceptors (Lipinski definition) is 14. The molecule has 3 rings (SSSR count). The zero-order valence-corrected chi connectivity index (χ0v) is 18.9. The van der Waals surface area contributed by atoms with Gasteiger partial charge in [0, 0.05) is 12.1 Å². The molecule has 14 heteroatoms. The molecule has 0 radical (unpaired) electrons. The van der Waals surface area contributed by atoms with Crippen LogP contribution in [0.5, 0.6) is 17.2 Å². The van der Waals surface area contributed by atoms with Gasteiger partial charge in [-0.25, -0.2) is 0 Å². The zero-order valence-electron chi connectivity index (χ0n) is 18.9. The molecule has 2 aliphatic rings. The van der Waals surface area contributed by atoms with Crippen LogP contribution in [0.15, 0.2) is 12.1 Å². The van der Waals surface area contributed by atoms with Crippen molar-refractivity contribution in [2.75, 3.05) is 20.3 Å². The van der Waals surface area contributed by atoms with Crippen LogP contribution in [0.1, 0.15) is 17.3 Å². The Kier molecular flexibility index (Phi) is 8.87. The molecule has 0 amide bonds. The van der Waals surface area contributed by atoms with E-state index in [1.807, 2.05) is 0 Å². The van der Waals surface area contributed by atoms with Crippen molar-refractivity contribution in [3.63, 3.8) is 0 Å². The lowest BCUT2D eigenvalue weighted by molar-refractivity contribution is -0.323. The SMILES string of the molecule is COc1cc(O)c(C(C)=O)c(O[C@@H]2O[C@H](CO[C@@H]3O[C@H](CO)[C@@H](O)[C@H](O)[C@H]3O)[C@@H](O)[C@H](O)[C@H]2O)c1. The van der Waals surface area contributed by atoms with E-state index in [9.17, 15) is 45.6 Å². The largest absolute Gasteiger partial charge is 0.507 e. The van der Waals surface area contributed by atoms with E-state index in [1.165, 1.54) is 26.2 Å². The highest BCUT2D eigenvalue weighted by molar-refractivity contribution is 5.99. The molecule has 0 saturated carbocycles. The molecule has 10 atom stereocenters. The smallest absolute Gasteiger partial charge is 0.229 e. The van der Waals surface area contributed by atoms with Gasteiger partial charge in [0.25, 0.3) is 0 Å². The summed E-state index contributed by atoms with van der Waals surface area (Å²) in [7, 11) is 1.31. The van der Waals surface area contributed by atoms with Crippen molar-refractivity contribution in [3.05, 3.63) is 17.7 Å². The van der Waals surface area contributed by atoms with Crippen molar-refractivity contribution >= 4 is 5.78 Å². The monoisotopic (exact) mass is 506 g/mol. The van der Waals surface area contributed by atoms with Crippen LogP contribution in [0, 0.1) is 0 Å². The van der Waals surface area contributed by atoms with Crippen LogP contribution in [0.2, 0.25) is 0 Å².